The van der Waals surface area contributed by atoms with Gasteiger partial charge in [-0.2, -0.15) is 0 Å². The molecule has 0 saturated heterocycles. The number of hydrogen-bond donors (Lipinski definition) is 2. The summed E-state index contributed by atoms with van der Waals surface area (Å²) in [6.07, 6.45) is 0. The third kappa shape index (κ3) is 4.45. The highest BCUT2D eigenvalue weighted by Crippen LogP contribution is 2.21. The molecule has 0 atom stereocenters. The number of nitrogens with one attached hydrogen (secondary N) is 2. The number of rotatable bonds is 3. The van der Waals surface area contributed by atoms with Crippen molar-refractivity contribution >= 4 is 40.3 Å². The molecule has 0 aromatic heterocycles. The van der Waals surface area contributed by atoms with Gasteiger partial charge in [0.25, 0.3) is 0 Å². The molecule has 0 unspecified atom stereocenters. The topological polar surface area (TPSA) is 24.1 Å². The van der Waals surface area contributed by atoms with Crippen molar-refractivity contribution in [2.75, 3.05) is 10.6 Å². The van der Waals surface area contributed by atoms with Gasteiger partial charge in [0.05, 0.1) is 0 Å². The molecule has 0 heterocycles. The Morgan fingerprint density at radius 2 is 1.71 bits per heavy atom. The molecule has 0 bridgehead atoms. The molecular formula is C17H19ClN2S. The minimum Gasteiger partial charge on any atom is -0.332 e. The molecule has 0 amide bonds. The molecule has 2 nitrogen and oxygen atoms in total. The lowest BCUT2D eigenvalue weighted by Gasteiger charge is -2.13. The number of anilines is 2. The quantitative estimate of drug-likeness (QED) is 0.722. The van der Waals surface area contributed by atoms with Gasteiger partial charge in [0.1, 0.15) is 0 Å². The highest BCUT2D eigenvalue weighted by Gasteiger charge is 2.04. The average Bonchev–Trinajstić information content (AvgIpc) is 2.43. The summed E-state index contributed by atoms with van der Waals surface area (Å²) in [7, 11) is 0. The maximum Gasteiger partial charge on any atom is 0.175 e. The molecule has 0 fully saturated rings. The van der Waals surface area contributed by atoms with Crippen molar-refractivity contribution in [3.8, 4) is 0 Å². The van der Waals surface area contributed by atoms with Gasteiger partial charge >= 0.3 is 0 Å². The standard InChI is InChI=1S/C17H19ClN2S/c1-11(2)13-5-8-15(9-6-13)19-17(21)20-16-10-14(18)7-4-12(16)3/h4-11H,1-3H3,(H2,19,20,21). The van der Waals surface area contributed by atoms with Crippen molar-refractivity contribution in [2.45, 2.75) is 26.7 Å². The molecule has 0 spiro atoms. The van der Waals surface area contributed by atoms with Gasteiger partial charge in [-0.1, -0.05) is 43.6 Å². The molecule has 0 aliphatic carbocycles. The number of thiocarbonyl (C=S) groups is 1. The van der Waals surface area contributed by atoms with Crippen LogP contribution >= 0.6 is 23.8 Å². The van der Waals surface area contributed by atoms with Gasteiger partial charge in [0.15, 0.2) is 5.11 Å². The van der Waals surface area contributed by atoms with E-state index >= 15 is 0 Å². The van der Waals surface area contributed by atoms with E-state index in [9.17, 15) is 0 Å². The van der Waals surface area contributed by atoms with E-state index in [1.165, 1.54) is 5.56 Å². The van der Waals surface area contributed by atoms with E-state index in [1.807, 2.05) is 37.3 Å². The second-order valence-electron chi connectivity index (χ2n) is 5.32. The Kier molecular flexibility index (Phi) is 5.21. The Bertz CT molecular complexity index is 636. The second kappa shape index (κ2) is 6.92. The fourth-order valence-corrected chi connectivity index (χ4v) is 2.36. The lowest BCUT2D eigenvalue weighted by molar-refractivity contribution is 0.867. The molecule has 110 valence electrons. The fourth-order valence-electron chi connectivity index (χ4n) is 1.96. The number of hydrogen-bond acceptors (Lipinski definition) is 1. The number of halogens is 1. The zero-order valence-corrected chi connectivity index (χ0v) is 14.0. The zero-order chi connectivity index (χ0) is 15.4. The number of benzene rings is 2. The van der Waals surface area contributed by atoms with Gasteiger partial charge in [-0.25, -0.2) is 0 Å². The van der Waals surface area contributed by atoms with Crippen LogP contribution in [0.15, 0.2) is 42.5 Å². The average molecular weight is 319 g/mol. The highest BCUT2D eigenvalue weighted by atomic mass is 35.5. The summed E-state index contributed by atoms with van der Waals surface area (Å²) in [5, 5.41) is 7.59. The molecule has 0 radical (unpaired) electrons. The monoisotopic (exact) mass is 318 g/mol. The molecule has 0 aliphatic rings. The zero-order valence-electron chi connectivity index (χ0n) is 12.4. The van der Waals surface area contributed by atoms with Gasteiger partial charge < -0.3 is 10.6 Å². The van der Waals surface area contributed by atoms with E-state index in [-0.39, 0.29) is 0 Å². The lowest BCUT2D eigenvalue weighted by atomic mass is 10.0. The van der Waals surface area contributed by atoms with Crippen LogP contribution in [0, 0.1) is 6.92 Å². The molecular weight excluding hydrogens is 300 g/mol. The predicted octanol–water partition coefficient (Wildman–Crippen LogP) is 5.58. The SMILES string of the molecule is Cc1ccc(Cl)cc1NC(=S)Nc1ccc(C(C)C)cc1. The Morgan fingerprint density at radius 3 is 2.33 bits per heavy atom. The van der Waals surface area contributed by atoms with Gasteiger partial charge in [-0.3, -0.25) is 0 Å². The predicted molar refractivity (Wildman–Crippen MR) is 96.6 cm³/mol. The van der Waals surface area contributed by atoms with Crippen LogP contribution in [0.25, 0.3) is 0 Å². The summed E-state index contributed by atoms with van der Waals surface area (Å²) in [5.41, 5.74) is 4.29. The van der Waals surface area contributed by atoms with Crippen molar-refractivity contribution in [1.29, 1.82) is 0 Å². The van der Waals surface area contributed by atoms with Crippen molar-refractivity contribution in [3.63, 3.8) is 0 Å². The smallest absolute Gasteiger partial charge is 0.175 e. The minimum atomic E-state index is 0.526. The van der Waals surface area contributed by atoms with Crippen LogP contribution in [0.4, 0.5) is 11.4 Å². The normalized spacial score (nSPS) is 10.5. The fraction of sp³-hybridized carbons (Fsp3) is 0.235. The Morgan fingerprint density at radius 1 is 1.05 bits per heavy atom. The van der Waals surface area contributed by atoms with Gasteiger partial charge in [0, 0.05) is 16.4 Å². The molecule has 21 heavy (non-hydrogen) atoms. The van der Waals surface area contributed by atoms with Crippen LogP contribution in [0.1, 0.15) is 30.9 Å². The van der Waals surface area contributed by atoms with Crippen LogP contribution < -0.4 is 10.6 Å². The third-order valence-corrected chi connectivity index (χ3v) is 3.72. The van der Waals surface area contributed by atoms with Crippen LogP contribution in [-0.4, -0.2) is 5.11 Å². The molecule has 2 aromatic rings. The summed E-state index contributed by atoms with van der Waals surface area (Å²) >= 11 is 11.3. The Hall–Kier alpha value is -1.58. The lowest BCUT2D eigenvalue weighted by Crippen LogP contribution is -2.19. The van der Waals surface area contributed by atoms with Crippen molar-refractivity contribution in [1.82, 2.24) is 0 Å². The first kappa shape index (κ1) is 15.8. The first-order chi connectivity index (χ1) is 9.95. The van der Waals surface area contributed by atoms with Crippen LogP contribution in [0.2, 0.25) is 5.02 Å². The molecule has 2 rings (SSSR count). The molecule has 2 N–H and O–H groups in total. The van der Waals surface area contributed by atoms with Crippen molar-refractivity contribution in [3.05, 3.63) is 58.6 Å². The highest BCUT2D eigenvalue weighted by molar-refractivity contribution is 7.80. The summed E-state index contributed by atoms with van der Waals surface area (Å²) in [6, 6.07) is 14.0. The first-order valence-electron chi connectivity index (χ1n) is 6.90. The summed E-state index contributed by atoms with van der Waals surface area (Å²) in [6.45, 7) is 6.37. The van der Waals surface area contributed by atoms with Crippen molar-refractivity contribution < 1.29 is 0 Å². The molecule has 0 aliphatic heterocycles. The summed E-state index contributed by atoms with van der Waals surface area (Å²) in [5.74, 6) is 0.526. The third-order valence-electron chi connectivity index (χ3n) is 3.28. The Balaban J connectivity index is 2.03. The van der Waals surface area contributed by atoms with E-state index in [1.54, 1.807) is 0 Å². The first-order valence-corrected chi connectivity index (χ1v) is 7.68. The summed E-state index contributed by atoms with van der Waals surface area (Å²) in [4.78, 5) is 0. The van der Waals surface area contributed by atoms with Gasteiger partial charge in [-0.15, -0.1) is 0 Å². The Labute approximate surface area is 136 Å². The largest absolute Gasteiger partial charge is 0.332 e. The summed E-state index contributed by atoms with van der Waals surface area (Å²) < 4.78 is 0. The van der Waals surface area contributed by atoms with E-state index < -0.39 is 0 Å². The van der Waals surface area contributed by atoms with E-state index in [4.69, 9.17) is 23.8 Å². The van der Waals surface area contributed by atoms with Crippen molar-refractivity contribution in [2.24, 2.45) is 0 Å². The molecule has 0 saturated carbocycles. The van der Waals surface area contributed by atoms with E-state index in [2.05, 4.69) is 36.6 Å². The van der Waals surface area contributed by atoms with Crippen LogP contribution in [-0.2, 0) is 0 Å². The van der Waals surface area contributed by atoms with E-state index in [0.29, 0.717) is 16.1 Å². The second-order valence-corrected chi connectivity index (χ2v) is 6.16. The maximum absolute atomic E-state index is 6.00. The van der Waals surface area contributed by atoms with Gasteiger partial charge in [0.2, 0.25) is 0 Å². The van der Waals surface area contributed by atoms with Gasteiger partial charge in [-0.05, 0) is 60.5 Å². The maximum atomic E-state index is 6.00. The van der Waals surface area contributed by atoms with E-state index in [0.717, 1.165) is 16.9 Å². The molecule has 4 heteroatoms. The van der Waals surface area contributed by atoms with Crippen LogP contribution in [0.3, 0.4) is 0 Å². The minimum absolute atomic E-state index is 0.526. The molecule has 2 aromatic carbocycles. The number of aryl methyl sites for hydroxylation is 1. The van der Waals surface area contributed by atoms with Crippen LogP contribution in [0.5, 0.6) is 0 Å².